The van der Waals surface area contributed by atoms with Crippen molar-refractivity contribution in [3.8, 4) is 0 Å². The van der Waals surface area contributed by atoms with Gasteiger partial charge in [-0.05, 0) is 60.9 Å². The minimum absolute atomic E-state index is 0.119. The first-order valence-electron chi connectivity index (χ1n) is 14.3. The molecule has 0 aliphatic carbocycles. The molecule has 1 atom stereocenters. The van der Waals surface area contributed by atoms with Gasteiger partial charge in [-0.3, -0.25) is 13.9 Å². The lowest BCUT2D eigenvalue weighted by atomic mass is 10.0. The van der Waals surface area contributed by atoms with Crippen molar-refractivity contribution >= 4 is 27.5 Å². The smallest absolute Gasteiger partial charge is 0.264 e. The van der Waals surface area contributed by atoms with E-state index in [1.54, 1.807) is 19.1 Å². The van der Waals surface area contributed by atoms with Gasteiger partial charge in [0.15, 0.2) is 0 Å². The average Bonchev–Trinajstić information content (AvgIpc) is 3.02. The molecule has 0 bridgehead atoms. The Morgan fingerprint density at radius 1 is 0.818 bits per heavy atom. The van der Waals surface area contributed by atoms with Gasteiger partial charge in [0, 0.05) is 19.5 Å². The maximum absolute atomic E-state index is 15.2. The van der Waals surface area contributed by atoms with Crippen LogP contribution in [0.15, 0.2) is 108 Å². The number of hydrogen-bond donors (Lipinski definition) is 1. The second-order valence-corrected chi connectivity index (χ2v) is 12.3. The fourth-order valence-corrected chi connectivity index (χ4v) is 6.13. The molecular weight excluding hydrogens is 584 g/mol. The Hall–Kier alpha value is -4.57. The van der Waals surface area contributed by atoms with Gasteiger partial charge in [-0.2, -0.15) is 0 Å². The van der Waals surface area contributed by atoms with Crippen molar-refractivity contribution in [2.75, 3.05) is 17.4 Å². The number of carbonyl (C=O) groups is 2. The number of rotatable bonds is 13. The summed E-state index contributed by atoms with van der Waals surface area (Å²) in [5.41, 5.74) is 1.82. The summed E-state index contributed by atoms with van der Waals surface area (Å²) in [5, 5.41) is 2.85. The van der Waals surface area contributed by atoms with Gasteiger partial charge in [0.25, 0.3) is 10.0 Å². The number of sulfonamides is 1. The van der Waals surface area contributed by atoms with Gasteiger partial charge in [0.1, 0.15) is 24.2 Å². The second-order valence-electron chi connectivity index (χ2n) is 10.4. The van der Waals surface area contributed by atoms with Crippen molar-refractivity contribution in [3.63, 3.8) is 0 Å². The second kappa shape index (κ2) is 14.7. The van der Waals surface area contributed by atoms with Crippen LogP contribution in [0.2, 0.25) is 0 Å². The van der Waals surface area contributed by atoms with Crippen molar-refractivity contribution in [2.24, 2.45) is 0 Å². The highest BCUT2D eigenvalue weighted by atomic mass is 32.2. The molecule has 0 radical (unpaired) electrons. The molecule has 1 N–H and O–H groups in total. The molecule has 2 amide bonds. The van der Waals surface area contributed by atoms with E-state index in [2.05, 4.69) is 5.32 Å². The van der Waals surface area contributed by atoms with Crippen LogP contribution in [0.4, 0.5) is 14.5 Å². The lowest BCUT2D eigenvalue weighted by Gasteiger charge is -2.34. The molecule has 4 aromatic rings. The summed E-state index contributed by atoms with van der Waals surface area (Å²) in [6.45, 7) is 3.16. The minimum atomic E-state index is -4.42. The van der Waals surface area contributed by atoms with E-state index in [9.17, 15) is 22.4 Å². The van der Waals surface area contributed by atoms with Crippen LogP contribution < -0.4 is 9.62 Å². The maximum atomic E-state index is 15.2. The molecule has 4 aromatic carbocycles. The minimum Gasteiger partial charge on any atom is -0.354 e. The lowest BCUT2D eigenvalue weighted by Crippen LogP contribution is -2.53. The highest BCUT2D eigenvalue weighted by Gasteiger charge is 2.35. The summed E-state index contributed by atoms with van der Waals surface area (Å²) < 4.78 is 57.6. The quantitative estimate of drug-likeness (QED) is 0.210. The number of amides is 2. The maximum Gasteiger partial charge on any atom is 0.264 e. The Balaban J connectivity index is 1.80. The summed E-state index contributed by atoms with van der Waals surface area (Å²) in [5.74, 6) is -2.46. The van der Waals surface area contributed by atoms with Crippen molar-refractivity contribution in [2.45, 2.75) is 44.2 Å². The molecule has 0 aliphatic rings. The summed E-state index contributed by atoms with van der Waals surface area (Å²) in [6, 6.07) is 24.9. The summed E-state index contributed by atoms with van der Waals surface area (Å²) in [6.07, 6.45) is 0.791. The molecule has 10 heteroatoms. The van der Waals surface area contributed by atoms with Gasteiger partial charge in [0.05, 0.1) is 10.6 Å². The fraction of sp³-hybridized carbons (Fsp3) is 0.235. The molecule has 0 unspecified atom stereocenters. The SMILES string of the molecule is CCCNC(=O)[C@@H](Cc1ccccc1)N(Cc1ccc(F)cc1)C(=O)CN(c1ccccc1F)S(=O)(=O)c1ccc(C)cc1. The van der Waals surface area contributed by atoms with Crippen LogP contribution in [0.5, 0.6) is 0 Å². The fourth-order valence-electron chi connectivity index (χ4n) is 4.71. The molecule has 0 heterocycles. The molecular formula is C34H35F2N3O4S. The Labute approximate surface area is 257 Å². The predicted molar refractivity (Wildman–Crippen MR) is 166 cm³/mol. The van der Waals surface area contributed by atoms with Crippen LogP contribution in [0, 0.1) is 18.6 Å². The standard InChI is InChI=1S/C34H35F2N3O4S/c1-3-21-37-34(41)32(22-26-9-5-4-6-10-26)38(23-27-15-17-28(35)18-16-27)33(40)24-39(31-12-8-7-11-30(31)36)44(42,43)29-19-13-25(2)14-20-29/h4-20,32H,3,21-24H2,1-2H3,(H,37,41)/t32-/m1/s1. The van der Waals surface area contributed by atoms with E-state index >= 15 is 4.39 Å². The zero-order valence-corrected chi connectivity index (χ0v) is 25.4. The van der Waals surface area contributed by atoms with E-state index < -0.39 is 46.1 Å². The number of aryl methyl sites for hydroxylation is 1. The number of anilines is 1. The molecule has 0 saturated heterocycles. The first kappa shape index (κ1) is 32.3. The Bertz CT molecular complexity index is 1670. The third-order valence-corrected chi connectivity index (χ3v) is 8.87. The molecule has 230 valence electrons. The van der Waals surface area contributed by atoms with Crippen molar-refractivity contribution in [3.05, 3.63) is 131 Å². The zero-order valence-electron chi connectivity index (χ0n) is 24.6. The Morgan fingerprint density at radius 3 is 2.09 bits per heavy atom. The van der Waals surface area contributed by atoms with Crippen molar-refractivity contribution in [1.29, 1.82) is 0 Å². The predicted octanol–water partition coefficient (Wildman–Crippen LogP) is 5.63. The molecule has 4 rings (SSSR count). The first-order chi connectivity index (χ1) is 21.1. The van der Waals surface area contributed by atoms with E-state index in [0.717, 1.165) is 21.5 Å². The van der Waals surface area contributed by atoms with Gasteiger partial charge in [-0.25, -0.2) is 17.2 Å². The Morgan fingerprint density at radius 2 is 1.45 bits per heavy atom. The van der Waals surface area contributed by atoms with Gasteiger partial charge in [0.2, 0.25) is 11.8 Å². The van der Waals surface area contributed by atoms with Crippen LogP contribution >= 0.6 is 0 Å². The summed E-state index contributed by atoms with van der Waals surface area (Å²) in [4.78, 5) is 29.1. The lowest BCUT2D eigenvalue weighted by molar-refractivity contribution is -0.140. The van der Waals surface area contributed by atoms with E-state index in [4.69, 9.17) is 0 Å². The number of hydrogen-bond acceptors (Lipinski definition) is 4. The van der Waals surface area contributed by atoms with Crippen LogP contribution in [0.3, 0.4) is 0 Å². The van der Waals surface area contributed by atoms with Gasteiger partial charge in [-0.15, -0.1) is 0 Å². The van der Waals surface area contributed by atoms with E-state index in [1.165, 1.54) is 59.5 Å². The summed E-state index contributed by atoms with van der Waals surface area (Å²) >= 11 is 0. The molecule has 0 aliphatic heterocycles. The van der Waals surface area contributed by atoms with E-state index in [0.29, 0.717) is 18.5 Å². The van der Waals surface area contributed by atoms with Gasteiger partial charge in [-0.1, -0.05) is 79.2 Å². The van der Waals surface area contributed by atoms with Crippen LogP contribution in [-0.4, -0.2) is 44.3 Å². The number of halogens is 2. The number of nitrogens with one attached hydrogen (secondary N) is 1. The highest BCUT2D eigenvalue weighted by Crippen LogP contribution is 2.27. The molecule has 7 nitrogen and oxygen atoms in total. The van der Waals surface area contributed by atoms with E-state index in [-0.39, 0.29) is 23.5 Å². The number of para-hydroxylation sites is 1. The molecule has 44 heavy (non-hydrogen) atoms. The first-order valence-corrected chi connectivity index (χ1v) is 15.7. The van der Waals surface area contributed by atoms with Crippen molar-refractivity contribution < 1.29 is 26.8 Å². The van der Waals surface area contributed by atoms with Crippen LogP contribution in [0.25, 0.3) is 0 Å². The van der Waals surface area contributed by atoms with Gasteiger partial charge < -0.3 is 10.2 Å². The van der Waals surface area contributed by atoms with Crippen LogP contribution in [-0.2, 0) is 32.6 Å². The monoisotopic (exact) mass is 619 g/mol. The largest absolute Gasteiger partial charge is 0.354 e. The topological polar surface area (TPSA) is 86.8 Å². The normalized spacial score (nSPS) is 11.9. The number of benzene rings is 4. The Kier molecular flexibility index (Phi) is 10.8. The van der Waals surface area contributed by atoms with Crippen LogP contribution in [0.1, 0.15) is 30.0 Å². The molecule has 0 fully saturated rings. The zero-order chi connectivity index (χ0) is 31.7. The number of carbonyl (C=O) groups excluding carboxylic acids is 2. The average molecular weight is 620 g/mol. The van der Waals surface area contributed by atoms with E-state index in [1.807, 2.05) is 37.3 Å². The molecule has 0 saturated carbocycles. The number of nitrogens with zero attached hydrogens (tertiary/aromatic N) is 2. The molecule has 0 aromatic heterocycles. The highest BCUT2D eigenvalue weighted by molar-refractivity contribution is 7.92. The van der Waals surface area contributed by atoms with Gasteiger partial charge >= 0.3 is 0 Å². The third kappa shape index (κ3) is 8.08. The summed E-state index contributed by atoms with van der Waals surface area (Å²) in [7, 11) is -4.42. The van der Waals surface area contributed by atoms with Crippen molar-refractivity contribution in [1.82, 2.24) is 10.2 Å². The molecule has 0 spiro atoms. The third-order valence-electron chi connectivity index (χ3n) is 7.10.